The van der Waals surface area contributed by atoms with Gasteiger partial charge in [0.25, 0.3) is 0 Å². The van der Waals surface area contributed by atoms with Gasteiger partial charge in [0.1, 0.15) is 0 Å². The predicted octanol–water partition coefficient (Wildman–Crippen LogP) is 5.41. The highest BCUT2D eigenvalue weighted by atomic mass is 19.2. The van der Waals surface area contributed by atoms with E-state index in [4.69, 9.17) is 0 Å². The summed E-state index contributed by atoms with van der Waals surface area (Å²) < 4.78 is 40.5. The van der Waals surface area contributed by atoms with E-state index in [1.54, 1.807) is 0 Å². The molecule has 1 aliphatic rings. The Morgan fingerprint density at radius 2 is 1.77 bits per heavy atom. The fraction of sp³-hybridized carbons (Fsp3) is 0.263. The van der Waals surface area contributed by atoms with Crippen molar-refractivity contribution in [3.05, 3.63) is 76.1 Å². The van der Waals surface area contributed by atoms with Gasteiger partial charge in [0.15, 0.2) is 17.5 Å². The average Bonchev–Trinajstić information content (AvgIpc) is 2.53. The molecule has 0 heterocycles. The molecule has 0 aromatic heterocycles. The highest BCUT2D eigenvalue weighted by molar-refractivity contribution is 5.49. The van der Waals surface area contributed by atoms with Gasteiger partial charge >= 0.3 is 0 Å². The van der Waals surface area contributed by atoms with E-state index in [-0.39, 0.29) is 5.92 Å². The van der Waals surface area contributed by atoms with Crippen molar-refractivity contribution < 1.29 is 13.2 Å². The number of hydrogen-bond acceptors (Lipinski definition) is 0. The lowest BCUT2D eigenvalue weighted by Gasteiger charge is -2.25. The van der Waals surface area contributed by atoms with Crippen molar-refractivity contribution in [2.45, 2.75) is 32.1 Å². The average molecular weight is 302 g/mol. The maximum Gasteiger partial charge on any atom is 0.194 e. The van der Waals surface area contributed by atoms with Crippen molar-refractivity contribution in [3.8, 4) is 0 Å². The van der Waals surface area contributed by atoms with E-state index in [0.717, 1.165) is 23.6 Å². The second-order valence-electron chi connectivity index (χ2n) is 5.73. The fourth-order valence-electron chi connectivity index (χ4n) is 3.18. The lowest BCUT2D eigenvalue weighted by atomic mass is 9.79. The molecule has 0 amide bonds. The number of benzene rings is 2. The summed E-state index contributed by atoms with van der Waals surface area (Å²) in [6.07, 6.45) is 5.74. The standard InChI is InChI=1S/C19H17F3/c1-2-3-12-4-6-13(7-5-12)14-8-9-16-15(10-14)11-17(20)19(22)18(16)21/h2-7,11,14H,8-10H2,1H3/b3-2+. The Balaban J connectivity index is 1.88. The Morgan fingerprint density at radius 1 is 1.05 bits per heavy atom. The third-order valence-corrected chi connectivity index (χ3v) is 4.33. The molecule has 1 aliphatic carbocycles. The molecule has 1 unspecified atom stereocenters. The molecule has 22 heavy (non-hydrogen) atoms. The normalized spacial score (nSPS) is 17.7. The van der Waals surface area contributed by atoms with Crippen LogP contribution in [-0.2, 0) is 12.8 Å². The molecule has 0 N–H and O–H groups in total. The minimum Gasteiger partial charge on any atom is -0.204 e. The van der Waals surface area contributed by atoms with Crippen LogP contribution in [-0.4, -0.2) is 0 Å². The molecule has 2 aromatic rings. The largest absolute Gasteiger partial charge is 0.204 e. The van der Waals surface area contributed by atoms with E-state index in [0.29, 0.717) is 24.0 Å². The zero-order valence-electron chi connectivity index (χ0n) is 12.4. The third kappa shape index (κ3) is 2.68. The smallest absolute Gasteiger partial charge is 0.194 e. The van der Waals surface area contributed by atoms with Gasteiger partial charge in [-0.3, -0.25) is 0 Å². The van der Waals surface area contributed by atoms with Crippen LogP contribution < -0.4 is 0 Å². The highest BCUT2D eigenvalue weighted by Gasteiger charge is 2.26. The van der Waals surface area contributed by atoms with Crippen LogP contribution in [0.4, 0.5) is 13.2 Å². The number of rotatable bonds is 2. The van der Waals surface area contributed by atoms with Gasteiger partial charge in [0.05, 0.1) is 0 Å². The Bertz CT molecular complexity index is 714. The molecule has 0 fully saturated rings. The van der Waals surface area contributed by atoms with Crippen LogP contribution in [0.2, 0.25) is 0 Å². The molecule has 114 valence electrons. The van der Waals surface area contributed by atoms with Gasteiger partial charge in [-0.25, -0.2) is 13.2 Å². The summed E-state index contributed by atoms with van der Waals surface area (Å²) in [4.78, 5) is 0. The summed E-state index contributed by atoms with van der Waals surface area (Å²) in [5.41, 5.74) is 3.21. The van der Waals surface area contributed by atoms with Crippen LogP contribution >= 0.6 is 0 Å². The molecular formula is C19H17F3. The predicted molar refractivity (Wildman–Crippen MR) is 82.2 cm³/mol. The van der Waals surface area contributed by atoms with Gasteiger partial charge < -0.3 is 0 Å². The lowest BCUT2D eigenvalue weighted by Crippen LogP contribution is -2.16. The molecule has 0 spiro atoms. The Hall–Kier alpha value is -2.03. The zero-order valence-corrected chi connectivity index (χ0v) is 12.4. The van der Waals surface area contributed by atoms with Crippen molar-refractivity contribution in [2.24, 2.45) is 0 Å². The summed E-state index contributed by atoms with van der Waals surface area (Å²) >= 11 is 0. The van der Waals surface area contributed by atoms with Gasteiger partial charge in [-0.1, -0.05) is 36.4 Å². The minimum absolute atomic E-state index is 0.219. The minimum atomic E-state index is -1.35. The van der Waals surface area contributed by atoms with E-state index in [2.05, 4.69) is 12.1 Å². The topological polar surface area (TPSA) is 0 Å². The first-order chi connectivity index (χ1) is 10.6. The van der Waals surface area contributed by atoms with Crippen molar-refractivity contribution in [2.75, 3.05) is 0 Å². The van der Waals surface area contributed by atoms with E-state index < -0.39 is 17.5 Å². The molecule has 0 saturated carbocycles. The molecule has 1 atom stereocenters. The maximum absolute atomic E-state index is 13.8. The number of allylic oxidation sites excluding steroid dienone is 1. The summed E-state index contributed by atoms with van der Waals surface area (Å²) in [5.74, 6) is -3.25. The second kappa shape index (κ2) is 5.99. The SMILES string of the molecule is C/C=C/c1ccc(C2CCc3c(cc(F)c(F)c3F)C2)cc1. The van der Waals surface area contributed by atoms with Crippen LogP contribution in [0.3, 0.4) is 0 Å². The summed E-state index contributed by atoms with van der Waals surface area (Å²) in [6, 6.07) is 9.34. The molecule has 3 rings (SSSR count). The number of halogens is 3. The molecule has 0 aliphatic heterocycles. The van der Waals surface area contributed by atoms with Gasteiger partial charge in [-0.2, -0.15) is 0 Å². The highest BCUT2D eigenvalue weighted by Crippen LogP contribution is 2.35. The van der Waals surface area contributed by atoms with E-state index in [9.17, 15) is 13.2 Å². The van der Waals surface area contributed by atoms with Crippen molar-refractivity contribution >= 4 is 6.08 Å². The first-order valence-electron chi connectivity index (χ1n) is 7.48. The van der Waals surface area contributed by atoms with Crippen molar-refractivity contribution in [1.82, 2.24) is 0 Å². The molecule has 0 saturated heterocycles. The van der Waals surface area contributed by atoms with Gasteiger partial charge in [0.2, 0.25) is 0 Å². The van der Waals surface area contributed by atoms with Crippen LogP contribution in [0.25, 0.3) is 6.08 Å². The van der Waals surface area contributed by atoms with Crippen LogP contribution in [0.5, 0.6) is 0 Å². The molecule has 0 nitrogen and oxygen atoms in total. The van der Waals surface area contributed by atoms with Gasteiger partial charge in [-0.15, -0.1) is 0 Å². The van der Waals surface area contributed by atoms with Crippen LogP contribution in [0.15, 0.2) is 36.4 Å². The molecule has 0 radical (unpaired) electrons. The van der Waals surface area contributed by atoms with Crippen molar-refractivity contribution in [1.29, 1.82) is 0 Å². The number of hydrogen-bond donors (Lipinski definition) is 0. The number of fused-ring (bicyclic) bond motifs is 1. The summed E-state index contributed by atoms with van der Waals surface area (Å²) in [5, 5.41) is 0. The molecular weight excluding hydrogens is 285 g/mol. The second-order valence-corrected chi connectivity index (χ2v) is 5.73. The molecule has 0 bridgehead atoms. The summed E-state index contributed by atoms with van der Waals surface area (Å²) in [7, 11) is 0. The molecule has 3 heteroatoms. The van der Waals surface area contributed by atoms with E-state index in [1.165, 1.54) is 0 Å². The van der Waals surface area contributed by atoms with Crippen LogP contribution in [0.1, 0.15) is 41.5 Å². The monoisotopic (exact) mass is 302 g/mol. The third-order valence-electron chi connectivity index (χ3n) is 4.33. The lowest BCUT2D eigenvalue weighted by molar-refractivity contribution is 0.428. The van der Waals surface area contributed by atoms with E-state index in [1.807, 2.05) is 31.2 Å². The quantitative estimate of drug-likeness (QED) is 0.651. The maximum atomic E-state index is 13.8. The Morgan fingerprint density at radius 3 is 2.45 bits per heavy atom. The van der Waals surface area contributed by atoms with Crippen LogP contribution in [0, 0.1) is 17.5 Å². The fourth-order valence-corrected chi connectivity index (χ4v) is 3.18. The van der Waals surface area contributed by atoms with Gasteiger partial charge in [-0.05, 0) is 60.4 Å². The first-order valence-corrected chi connectivity index (χ1v) is 7.48. The Labute approximate surface area is 128 Å². The summed E-state index contributed by atoms with van der Waals surface area (Å²) in [6.45, 7) is 1.97. The van der Waals surface area contributed by atoms with Gasteiger partial charge in [0, 0.05) is 0 Å². The zero-order chi connectivity index (χ0) is 15.7. The van der Waals surface area contributed by atoms with E-state index >= 15 is 0 Å². The Kier molecular flexibility index (Phi) is 4.06. The molecule has 2 aromatic carbocycles. The van der Waals surface area contributed by atoms with Crippen molar-refractivity contribution in [3.63, 3.8) is 0 Å². The first kappa shape index (κ1) is 14.9.